The second kappa shape index (κ2) is 12.3. The Bertz CT molecular complexity index is 1120. The SMILES string of the molecule is CCCC(=O)Nc1ccc(SC(C(=O)Nc2cc(Cl)c(OC)cc2OC)c2ccccc2)cc1. The van der Waals surface area contributed by atoms with Gasteiger partial charge >= 0.3 is 0 Å². The highest BCUT2D eigenvalue weighted by atomic mass is 35.5. The lowest BCUT2D eigenvalue weighted by atomic mass is 10.1. The quantitative estimate of drug-likeness (QED) is 0.309. The van der Waals surface area contributed by atoms with E-state index in [0.717, 1.165) is 22.6 Å². The van der Waals surface area contributed by atoms with Crippen LogP contribution in [-0.2, 0) is 9.59 Å². The molecule has 0 saturated heterocycles. The Morgan fingerprint density at radius 3 is 2.24 bits per heavy atom. The Morgan fingerprint density at radius 1 is 0.941 bits per heavy atom. The van der Waals surface area contributed by atoms with E-state index in [2.05, 4.69) is 10.6 Å². The molecule has 0 saturated carbocycles. The van der Waals surface area contributed by atoms with E-state index in [0.29, 0.717) is 28.6 Å². The molecule has 34 heavy (non-hydrogen) atoms. The fourth-order valence-corrected chi connectivity index (χ4v) is 4.53. The third kappa shape index (κ3) is 6.68. The molecule has 0 aromatic heterocycles. The minimum atomic E-state index is -0.535. The molecular weight excluding hydrogens is 472 g/mol. The number of halogens is 1. The van der Waals surface area contributed by atoms with Crippen molar-refractivity contribution >= 4 is 46.6 Å². The lowest BCUT2D eigenvalue weighted by Crippen LogP contribution is -2.19. The fraction of sp³-hybridized carbons (Fsp3) is 0.231. The predicted molar refractivity (Wildman–Crippen MR) is 138 cm³/mol. The van der Waals surface area contributed by atoms with Crippen LogP contribution in [0.2, 0.25) is 5.02 Å². The Kier molecular flexibility index (Phi) is 9.24. The number of amides is 2. The molecule has 2 amide bonds. The standard InChI is InChI=1S/C26H27ClN2O4S/c1-4-8-24(30)28-18-11-13-19(14-12-18)34-25(17-9-6-5-7-10-17)26(31)29-21-15-20(27)22(32-2)16-23(21)33-3/h5-7,9-16,25H,4,8H2,1-3H3,(H,28,30)(H,29,31). The van der Waals surface area contributed by atoms with Crippen molar-refractivity contribution in [1.82, 2.24) is 0 Å². The summed E-state index contributed by atoms with van der Waals surface area (Å²) in [6.07, 6.45) is 1.27. The number of methoxy groups -OCH3 is 2. The van der Waals surface area contributed by atoms with E-state index in [1.165, 1.54) is 26.0 Å². The summed E-state index contributed by atoms with van der Waals surface area (Å²) in [7, 11) is 3.03. The van der Waals surface area contributed by atoms with Gasteiger partial charge in [0.25, 0.3) is 0 Å². The summed E-state index contributed by atoms with van der Waals surface area (Å²) >= 11 is 7.68. The number of carbonyl (C=O) groups is 2. The van der Waals surface area contributed by atoms with Gasteiger partial charge in [0.1, 0.15) is 16.7 Å². The second-order valence-corrected chi connectivity index (χ2v) is 8.99. The molecule has 6 nitrogen and oxygen atoms in total. The molecular formula is C26H27ClN2O4S. The molecule has 3 aromatic rings. The van der Waals surface area contributed by atoms with Crippen molar-refractivity contribution in [2.45, 2.75) is 29.9 Å². The number of nitrogens with one attached hydrogen (secondary N) is 2. The smallest absolute Gasteiger partial charge is 0.242 e. The Hall–Kier alpha value is -3.16. The number of ether oxygens (including phenoxy) is 2. The first-order valence-electron chi connectivity index (χ1n) is 10.8. The van der Waals surface area contributed by atoms with Crippen molar-refractivity contribution < 1.29 is 19.1 Å². The molecule has 0 bridgehead atoms. The van der Waals surface area contributed by atoms with Crippen molar-refractivity contribution in [3.8, 4) is 11.5 Å². The van der Waals surface area contributed by atoms with Gasteiger partial charge in [-0.3, -0.25) is 9.59 Å². The van der Waals surface area contributed by atoms with Crippen molar-refractivity contribution in [3.63, 3.8) is 0 Å². The van der Waals surface area contributed by atoms with E-state index >= 15 is 0 Å². The molecule has 0 spiro atoms. The van der Waals surface area contributed by atoms with Crippen molar-refractivity contribution in [2.24, 2.45) is 0 Å². The van der Waals surface area contributed by atoms with Crippen LogP contribution in [-0.4, -0.2) is 26.0 Å². The van der Waals surface area contributed by atoms with Crippen LogP contribution in [0.3, 0.4) is 0 Å². The summed E-state index contributed by atoms with van der Waals surface area (Å²) in [5.41, 5.74) is 2.03. The zero-order valence-electron chi connectivity index (χ0n) is 19.3. The summed E-state index contributed by atoms with van der Waals surface area (Å²) in [6.45, 7) is 1.96. The average molecular weight is 499 g/mol. The maximum Gasteiger partial charge on any atom is 0.242 e. The first-order valence-corrected chi connectivity index (χ1v) is 12.0. The van der Waals surface area contributed by atoms with Crippen LogP contribution in [0.4, 0.5) is 11.4 Å². The summed E-state index contributed by atoms with van der Waals surface area (Å²) in [5, 5.41) is 5.65. The lowest BCUT2D eigenvalue weighted by Gasteiger charge is -2.19. The van der Waals surface area contributed by atoms with Crippen LogP contribution in [0.5, 0.6) is 11.5 Å². The Morgan fingerprint density at radius 2 is 1.62 bits per heavy atom. The molecule has 0 aliphatic heterocycles. The van der Waals surface area contributed by atoms with Crippen LogP contribution < -0.4 is 20.1 Å². The van der Waals surface area contributed by atoms with E-state index < -0.39 is 5.25 Å². The summed E-state index contributed by atoms with van der Waals surface area (Å²) in [4.78, 5) is 26.1. The Balaban J connectivity index is 1.83. The number of hydrogen-bond acceptors (Lipinski definition) is 5. The van der Waals surface area contributed by atoms with Gasteiger partial charge in [-0.25, -0.2) is 0 Å². The van der Waals surface area contributed by atoms with E-state index in [1.54, 1.807) is 12.1 Å². The van der Waals surface area contributed by atoms with Gasteiger partial charge < -0.3 is 20.1 Å². The summed E-state index contributed by atoms with van der Waals surface area (Å²) in [6, 6.07) is 20.2. The van der Waals surface area contributed by atoms with Gasteiger partial charge in [-0.1, -0.05) is 48.9 Å². The van der Waals surface area contributed by atoms with Gasteiger partial charge in [-0.15, -0.1) is 11.8 Å². The van der Waals surface area contributed by atoms with E-state index in [4.69, 9.17) is 21.1 Å². The molecule has 178 valence electrons. The third-order valence-corrected chi connectivity index (χ3v) is 6.50. The van der Waals surface area contributed by atoms with E-state index in [9.17, 15) is 9.59 Å². The van der Waals surface area contributed by atoms with Crippen molar-refractivity contribution in [1.29, 1.82) is 0 Å². The van der Waals surface area contributed by atoms with Crippen LogP contribution in [0, 0.1) is 0 Å². The highest BCUT2D eigenvalue weighted by Crippen LogP contribution is 2.40. The maximum atomic E-state index is 13.4. The summed E-state index contributed by atoms with van der Waals surface area (Å²) < 4.78 is 10.7. The van der Waals surface area contributed by atoms with E-state index in [-0.39, 0.29) is 11.8 Å². The molecule has 0 heterocycles. The first kappa shape index (κ1) is 25.5. The topological polar surface area (TPSA) is 76.7 Å². The highest BCUT2D eigenvalue weighted by Gasteiger charge is 2.24. The van der Waals surface area contributed by atoms with Crippen LogP contribution >= 0.6 is 23.4 Å². The molecule has 0 aliphatic rings. The van der Waals surface area contributed by atoms with Gasteiger partial charge in [0.05, 0.1) is 24.9 Å². The number of rotatable bonds is 10. The predicted octanol–water partition coefficient (Wildman–Crippen LogP) is 6.57. The second-order valence-electron chi connectivity index (χ2n) is 7.41. The zero-order valence-corrected chi connectivity index (χ0v) is 20.8. The largest absolute Gasteiger partial charge is 0.495 e. The van der Waals surface area contributed by atoms with Crippen LogP contribution in [0.15, 0.2) is 71.6 Å². The molecule has 1 unspecified atom stereocenters. The van der Waals surface area contributed by atoms with Crippen molar-refractivity contribution in [3.05, 3.63) is 77.3 Å². The van der Waals surface area contributed by atoms with Gasteiger partial charge in [0.2, 0.25) is 11.8 Å². The first-order chi connectivity index (χ1) is 16.4. The lowest BCUT2D eigenvalue weighted by molar-refractivity contribution is -0.116. The van der Waals surface area contributed by atoms with Crippen molar-refractivity contribution in [2.75, 3.05) is 24.9 Å². The van der Waals surface area contributed by atoms with Crippen LogP contribution in [0.1, 0.15) is 30.6 Å². The molecule has 1 atom stereocenters. The van der Waals surface area contributed by atoms with Gasteiger partial charge in [0, 0.05) is 23.1 Å². The number of anilines is 2. The third-order valence-electron chi connectivity index (χ3n) is 4.94. The number of thioether (sulfide) groups is 1. The van der Waals surface area contributed by atoms with Gasteiger partial charge in [0.15, 0.2) is 0 Å². The molecule has 3 rings (SSSR count). The molecule has 2 N–H and O–H groups in total. The molecule has 0 radical (unpaired) electrons. The minimum Gasteiger partial charge on any atom is -0.495 e. The summed E-state index contributed by atoms with van der Waals surface area (Å²) in [5.74, 6) is 0.655. The molecule has 0 aliphatic carbocycles. The molecule has 8 heteroatoms. The number of hydrogen-bond donors (Lipinski definition) is 2. The minimum absolute atomic E-state index is 0.0171. The average Bonchev–Trinajstić information content (AvgIpc) is 2.84. The van der Waals surface area contributed by atoms with E-state index in [1.807, 2.05) is 61.5 Å². The zero-order chi connectivity index (χ0) is 24.5. The fourth-order valence-electron chi connectivity index (χ4n) is 3.26. The monoisotopic (exact) mass is 498 g/mol. The Labute approximate surface area is 209 Å². The maximum absolute atomic E-state index is 13.4. The highest BCUT2D eigenvalue weighted by molar-refractivity contribution is 8.00. The normalized spacial score (nSPS) is 11.4. The molecule has 0 fully saturated rings. The van der Waals surface area contributed by atoms with Gasteiger partial charge in [-0.2, -0.15) is 0 Å². The molecule has 3 aromatic carbocycles. The number of benzene rings is 3. The van der Waals surface area contributed by atoms with Crippen LogP contribution in [0.25, 0.3) is 0 Å². The number of carbonyl (C=O) groups excluding carboxylic acids is 2. The van der Waals surface area contributed by atoms with Gasteiger partial charge in [-0.05, 0) is 42.3 Å².